The quantitative estimate of drug-likeness (QED) is 0.680. The molecule has 9 nitrogen and oxygen atoms in total. The lowest BCUT2D eigenvalue weighted by atomic mass is 9.95. The van der Waals surface area contributed by atoms with Crippen LogP contribution in [0.15, 0.2) is 35.5 Å². The molecule has 0 spiro atoms. The van der Waals surface area contributed by atoms with Gasteiger partial charge in [-0.05, 0) is 31.0 Å². The predicted molar refractivity (Wildman–Crippen MR) is 101 cm³/mol. The minimum atomic E-state index is -0.584. The van der Waals surface area contributed by atoms with Crippen LogP contribution in [0.25, 0.3) is 0 Å². The van der Waals surface area contributed by atoms with E-state index in [0.717, 1.165) is 12.0 Å². The molecule has 1 atom stereocenters. The number of nitrogens with zero attached hydrogens (tertiary/aromatic N) is 1. The van der Waals surface area contributed by atoms with E-state index >= 15 is 0 Å². The number of ether oxygens (including phenoxy) is 2. The van der Waals surface area contributed by atoms with Gasteiger partial charge in [0.15, 0.2) is 0 Å². The number of rotatable bonds is 6. The molecule has 150 valence electrons. The Kier molecular flexibility index (Phi) is 6.03. The van der Waals surface area contributed by atoms with Crippen LogP contribution in [0, 0.1) is 0 Å². The number of nitrogens with one attached hydrogen (secondary N) is 3. The van der Waals surface area contributed by atoms with Gasteiger partial charge in [0, 0.05) is 25.3 Å². The number of hydrogen-bond acceptors (Lipinski definition) is 5. The zero-order valence-corrected chi connectivity index (χ0v) is 15.9. The molecule has 0 aliphatic carbocycles. The summed E-state index contributed by atoms with van der Waals surface area (Å²) < 4.78 is 10.1. The number of cyclic esters (lactones) is 1. The van der Waals surface area contributed by atoms with Gasteiger partial charge in [-0.2, -0.15) is 0 Å². The van der Waals surface area contributed by atoms with Crippen molar-refractivity contribution in [1.29, 1.82) is 0 Å². The highest BCUT2D eigenvalue weighted by molar-refractivity contribution is 5.98. The molecule has 1 aromatic rings. The van der Waals surface area contributed by atoms with E-state index in [1.807, 2.05) is 0 Å². The first-order chi connectivity index (χ1) is 13.5. The van der Waals surface area contributed by atoms with E-state index in [4.69, 9.17) is 9.47 Å². The number of urea groups is 1. The normalized spacial score (nSPS) is 19.5. The van der Waals surface area contributed by atoms with Crippen molar-refractivity contribution in [1.82, 2.24) is 20.9 Å². The molecule has 9 heteroatoms. The predicted octanol–water partition coefficient (Wildman–Crippen LogP) is 1.28. The van der Waals surface area contributed by atoms with Gasteiger partial charge in [0.25, 0.3) is 5.91 Å². The Morgan fingerprint density at radius 3 is 2.75 bits per heavy atom. The number of carbonyl (C=O) groups is 3. The molecular weight excluding hydrogens is 364 g/mol. The molecule has 0 unspecified atom stereocenters. The van der Waals surface area contributed by atoms with E-state index in [-0.39, 0.29) is 24.6 Å². The molecule has 2 heterocycles. The molecule has 0 aromatic heterocycles. The summed E-state index contributed by atoms with van der Waals surface area (Å²) in [6.07, 6.45) is 0.415. The largest absolute Gasteiger partial charge is 0.497 e. The van der Waals surface area contributed by atoms with Gasteiger partial charge in [-0.1, -0.05) is 12.1 Å². The molecular formula is C19H24N4O5. The minimum Gasteiger partial charge on any atom is -0.497 e. The number of allylic oxidation sites excluding steroid dienone is 1. The first kappa shape index (κ1) is 19.5. The molecule has 0 radical (unpaired) electrons. The molecule has 0 bridgehead atoms. The van der Waals surface area contributed by atoms with Crippen molar-refractivity contribution in [2.75, 3.05) is 33.4 Å². The molecule has 3 rings (SSSR count). The molecule has 1 saturated heterocycles. The summed E-state index contributed by atoms with van der Waals surface area (Å²) in [4.78, 5) is 38.0. The van der Waals surface area contributed by atoms with Gasteiger partial charge in [-0.15, -0.1) is 0 Å². The van der Waals surface area contributed by atoms with Gasteiger partial charge < -0.3 is 30.3 Å². The average molecular weight is 388 g/mol. The first-order valence-corrected chi connectivity index (χ1v) is 9.11. The van der Waals surface area contributed by atoms with E-state index in [2.05, 4.69) is 16.0 Å². The standard InChI is InChI=1S/C19H24N4O5/c1-12-15(17(24)20-8-10-23-9-3-11-28-19(23)26)16(22-18(25)21-12)13-4-6-14(27-2)7-5-13/h4-7,16H,3,8-11H2,1-2H3,(H,20,24)(H2,21,22,25)/t16-/m1/s1. The molecule has 28 heavy (non-hydrogen) atoms. The Morgan fingerprint density at radius 1 is 1.32 bits per heavy atom. The first-order valence-electron chi connectivity index (χ1n) is 9.11. The number of benzene rings is 1. The molecule has 2 aliphatic heterocycles. The lowest BCUT2D eigenvalue weighted by Gasteiger charge is -2.29. The fraction of sp³-hybridized carbons (Fsp3) is 0.421. The highest BCUT2D eigenvalue weighted by atomic mass is 16.6. The number of hydrogen-bond donors (Lipinski definition) is 3. The monoisotopic (exact) mass is 388 g/mol. The van der Waals surface area contributed by atoms with E-state index in [9.17, 15) is 14.4 Å². The Balaban J connectivity index is 1.70. The Bertz CT molecular complexity index is 790. The Labute approximate surface area is 163 Å². The van der Waals surface area contributed by atoms with Gasteiger partial charge >= 0.3 is 12.1 Å². The van der Waals surface area contributed by atoms with E-state index in [0.29, 0.717) is 36.7 Å². The third-order valence-corrected chi connectivity index (χ3v) is 4.69. The van der Waals surface area contributed by atoms with Crippen molar-refractivity contribution in [3.05, 3.63) is 41.1 Å². The number of amides is 4. The van der Waals surface area contributed by atoms with Gasteiger partial charge in [-0.3, -0.25) is 4.79 Å². The van der Waals surface area contributed by atoms with Gasteiger partial charge in [-0.25, -0.2) is 9.59 Å². The fourth-order valence-electron chi connectivity index (χ4n) is 3.24. The average Bonchev–Trinajstić information content (AvgIpc) is 2.69. The van der Waals surface area contributed by atoms with E-state index in [1.54, 1.807) is 43.2 Å². The highest BCUT2D eigenvalue weighted by Gasteiger charge is 2.31. The van der Waals surface area contributed by atoms with Crippen LogP contribution < -0.4 is 20.7 Å². The van der Waals surface area contributed by atoms with Crippen molar-refractivity contribution < 1.29 is 23.9 Å². The summed E-state index contributed by atoms with van der Waals surface area (Å²) in [6, 6.07) is 6.21. The van der Waals surface area contributed by atoms with Crippen LogP contribution in [-0.2, 0) is 9.53 Å². The molecule has 2 aliphatic rings. The summed E-state index contributed by atoms with van der Waals surface area (Å²) in [5, 5.41) is 8.25. The van der Waals surface area contributed by atoms with Crippen molar-refractivity contribution >= 4 is 18.0 Å². The number of carbonyl (C=O) groups excluding carboxylic acids is 3. The summed E-state index contributed by atoms with van der Waals surface area (Å²) >= 11 is 0. The lowest BCUT2D eigenvalue weighted by molar-refractivity contribution is -0.118. The zero-order valence-electron chi connectivity index (χ0n) is 15.9. The Morgan fingerprint density at radius 2 is 2.07 bits per heavy atom. The maximum absolute atomic E-state index is 12.8. The zero-order chi connectivity index (χ0) is 20.1. The summed E-state index contributed by atoms with van der Waals surface area (Å²) in [5.41, 5.74) is 1.67. The second-order valence-electron chi connectivity index (χ2n) is 6.55. The van der Waals surface area contributed by atoms with Crippen molar-refractivity contribution in [3.63, 3.8) is 0 Å². The van der Waals surface area contributed by atoms with Gasteiger partial charge in [0.05, 0.1) is 25.3 Å². The third kappa shape index (κ3) is 4.36. The van der Waals surface area contributed by atoms with Crippen molar-refractivity contribution in [3.8, 4) is 5.75 Å². The Hall–Kier alpha value is -3.23. The van der Waals surface area contributed by atoms with Crippen LogP contribution in [0.4, 0.5) is 9.59 Å². The summed E-state index contributed by atoms with van der Waals surface area (Å²) in [5.74, 6) is 0.375. The maximum Gasteiger partial charge on any atom is 0.409 e. The minimum absolute atomic E-state index is 0.286. The summed E-state index contributed by atoms with van der Waals surface area (Å²) in [6.45, 7) is 3.38. The molecule has 3 N–H and O–H groups in total. The smallest absolute Gasteiger partial charge is 0.409 e. The van der Waals surface area contributed by atoms with Gasteiger partial charge in [0.2, 0.25) is 0 Å². The van der Waals surface area contributed by atoms with Crippen molar-refractivity contribution in [2.24, 2.45) is 0 Å². The lowest BCUT2D eigenvalue weighted by Crippen LogP contribution is -2.48. The van der Waals surface area contributed by atoms with E-state index < -0.39 is 6.04 Å². The molecule has 1 aromatic carbocycles. The highest BCUT2D eigenvalue weighted by Crippen LogP contribution is 2.28. The van der Waals surface area contributed by atoms with Crippen LogP contribution in [0.3, 0.4) is 0 Å². The van der Waals surface area contributed by atoms with Crippen molar-refractivity contribution in [2.45, 2.75) is 19.4 Å². The fourth-order valence-corrected chi connectivity index (χ4v) is 3.24. The molecule has 4 amide bonds. The second-order valence-corrected chi connectivity index (χ2v) is 6.55. The van der Waals surface area contributed by atoms with Crippen LogP contribution in [-0.4, -0.2) is 56.3 Å². The van der Waals surface area contributed by atoms with Crippen LogP contribution in [0.5, 0.6) is 5.75 Å². The second kappa shape index (κ2) is 8.64. The van der Waals surface area contributed by atoms with Crippen LogP contribution >= 0.6 is 0 Å². The maximum atomic E-state index is 12.8. The topological polar surface area (TPSA) is 109 Å². The van der Waals surface area contributed by atoms with Crippen LogP contribution in [0.2, 0.25) is 0 Å². The van der Waals surface area contributed by atoms with Crippen LogP contribution in [0.1, 0.15) is 24.9 Å². The molecule has 1 fully saturated rings. The summed E-state index contributed by atoms with van der Waals surface area (Å²) in [7, 11) is 1.57. The SMILES string of the molecule is COc1ccc([C@H]2NC(=O)NC(C)=C2C(=O)NCCN2CCCOC2=O)cc1. The third-order valence-electron chi connectivity index (χ3n) is 4.69. The molecule has 0 saturated carbocycles. The number of methoxy groups -OCH3 is 1. The van der Waals surface area contributed by atoms with Gasteiger partial charge in [0.1, 0.15) is 5.75 Å². The van der Waals surface area contributed by atoms with E-state index in [1.165, 1.54) is 0 Å².